The Morgan fingerprint density at radius 3 is 2.82 bits per heavy atom. The van der Waals surface area contributed by atoms with Crippen LogP contribution in [0.15, 0.2) is 18.3 Å². The van der Waals surface area contributed by atoms with Gasteiger partial charge in [-0.25, -0.2) is 4.98 Å². The molecule has 3 N–H and O–H groups in total. The molecule has 2 aromatic heterocycles. The highest BCUT2D eigenvalue weighted by Gasteiger charge is 2.41. The Morgan fingerprint density at radius 1 is 1.47 bits per heavy atom. The van der Waals surface area contributed by atoms with Crippen LogP contribution >= 0.6 is 11.3 Å². The number of aromatic nitrogens is 2. The number of hydrogen-bond acceptors (Lipinski definition) is 3. The number of nitrogens with two attached hydrogens (primary N) is 1. The third-order valence-corrected chi connectivity index (χ3v) is 4.55. The van der Waals surface area contributed by atoms with Crippen LogP contribution in [0, 0.1) is 12.8 Å². The van der Waals surface area contributed by atoms with Crippen LogP contribution in [0.2, 0.25) is 0 Å². The van der Waals surface area contributed by atoms with Crippen molar-refractivity contribution in [3.63, 3.8) is 0 Å². The molecule has 90 valence electrons. The molecule has 0 aliphatic heterocycles. The maximum absolute atomic E-state index is 6.35. The van der Waals surface area contributed by atoms with E-state index in [2.05, 4.69) is 35.9 Å². The Hall–Kier alpha value is -1.13. The van der Waals surface area contributed by atoms with Crippen molar-refractivity contribution >= 4 is 11.3 Å². The summed E-state index contributed by atoms with van der Waals surface area (Å²) in [6.45, 7) is 4.19. The van der Waals surface area contributed by atoms with Gasteiger partial charge in [0.25, 0.3) is 0 Å². The topological polar surface area (TPSA) is 54.7 Å². The summed E-state index contributed by atoms with van der Waals surface area (Å²) < 4.78 is 0. The third kappa shape index (κ3) is 1.91. The molecule has 0 spiro atoms. The van der Waals surface area contributed by atoms with Crippen molar-refractivity contribution in [2.45, 2.75) is 32.2 Å². The van der Waals surface area contributed by atoms with Gasteiger partial charge in [0.15, 0.2) is 0 Å². The van der Waals surface area contributed by atoms with Crippen LogP contribution in [0.3, 0.4) is 0 Å². The molecule has 0 bridgehead atoms. The Morgan fingerprint density at radius 2 is 2.24 bits per heavy atom. The SMILES string of the molecule is Cc1ccc(-c2cnc(C(C)(N)C3CC3)[nH]2)s1. The molecule has 4 heteroatoms. The van der Waals surface area contributed by atoms with Crippen molar-refractivity contribution in [1.29, 1.82) is 0 Å². The molecule has 0 saturated heterocycles. The highest BCUT2D eigenvalue weighted by Crippen LogP contribution is 2.43. The van der Waals surface area contributed by atoms with Gasteiger partial charge in [-0.05, 0) is 44.7 Å². The lowest BCUT2D eigenvalue weighted by molar-refractivity contribution is 0.404. The minimum absolute atomic E-state index is 0.301. The van der Waals surface area contributed by atoms with E-state index in [1.165, 1.54) is 22.6 Å². The lowest BCUT2D eigenvalue weighted by Crippen LogP contribution is -2.36. The lowest BCUT2D eigenvalue weighted by atomic mass is 9.97. The van der Waals surface area contributed by atoms with E-state index in [4.69, 9.17) is 5.73 Å². The summed E-state index contributed by atoms with van der Waals surface area (Å²) in [5.41, 5.74) is 7.13. The first-order valence-corrected chi connectivity index (χ1v) is 6.80. The molecule has 1 unspecified atom stereocenters. The minimum Gasteiger partial charge on any atom is -0.340 e. The summed E-state index contributed by atoms with van der Waals surface area (Å²) in [4.78, 5) is 10.4. The van der Waals surface area contributed by atoms with E-state index in [1.54, 1.807) is 11.3 Å². The van der Waals surface area contributed by atoms with Crippen LogP contribution < -0.4 is 5.73 Å². The van der Waals surface area contributed by atoms with Gasteiger partial charge in [-0.2, -0.15) is 0 Å². The van der Waals surface area contributed by atoms with Gasteiger partial charge >= 0.3 is 0 Å². The van der Waals surface area contributed by atoms with Gasteiger partial charge in [0.05, 0.1) is 22.3 Å². The molecule has 1 atom stereocenters. The van der Waals surface area contributed by atoms with E-state index < -0.39 is 0 Å². The molecule has 1 aliphatic rings. The van der Waals surface area contributed by atoms with Crippen molar-refractivity contribution in [3.8, 4) is 10.6 Å². The number of nitrogens with zero attached hydrogens (tertiary/aromatic N) is 1. The zero-order chi connectivity index (χ0) is 12.0. The van der Waals surface area contributed by atoms with Gasteiger partial charge in [-0.3, -0.25) is 0 Å². The predicted octanol–water partition coefficient (Wildman–Crippen LogP) is 3.03. The lowest BCUT2D eigenvalue weighted by Gasteiger charge is -2.21. The fourth-order valence-corrected chi connectivity index (χ4v) is 3.01. The Labute approximate surface area is 105 Å². The monoisotopic (exact) mass is 247 g/mol. The fraction of sp³-hybridized carbons (Fsp3) is 0.462. The molecule has 3 nitrogen and oxygen atoms in total. The maximum atomic E-state index is 6.35. The van der Waals surface area contributed by atoms with Crippen molar-refractivity contribution in [3.05, 3.63) is 29.0 Å². The average Bonchev–Trinajstić information content (AvgIpc) is 2.87. The number of nitrogens with one attached hydrogen (secondary N) is 1. The molecule has 0 aromatic carbocycles. The van der Waals surface area contributed by atoms with Crippen LogP contribution in [-0.4, -0.2) is 9.97 Å². The van der Waals surface area contributed by atoms with E-state index in [1.807, 2.05) is 6.20 Å². The van der Waals surface area contributed by atoms with Gasteiger partial charge < -0.3 is 10.7 Å². The van der Waals surface area contributed by atoms with Gasteiger partial charge in [0.1, 0.15) is 5.82 Å². The van der Waals surface area contributed by atoms with Crippen molar-refractivity contribution in [2.75, 3.05) is 0 Å². The van der Waals surface area contributed by atoms with Crippen LogP contribution in [0.4, 0.5) is 0 Å². The molecule has 0 amide bonds. The van der Waals surface area contributed by atoms with Crippen LogP contribution in [0.1, 0.15) is 30.5 Å². The second-order valence-electron chi connectivity index (χ2n) is 5.11. The first-order valence-electron chi connectivity index (χ1n) is 5.98. The molecule has 2 heterocycles. The standard InChI is InChI=1S/C13H17N3S/c1-8-3-6-11(17-8)10-7-15-12(16-10)13(2,14)9-4-5-9/h3,6-7,9H,4-5,14H2,1-2H3,(H,15,16). The molecule has 1 saturated carbocycles. The summed E-state index contributed by atoms with van der Waals surface area (Å²) in [7, 11) is 0. The second kappa shape index (κ2) is 3.68. The third-order valence-electron chi connectivity index (χ3n) is 3.52. The number of imidazole rings is 1. The summed E-state index contributed by atoms with van der Waals surface area (Å²) >= 11 is 1.78. The Bertz CT molecular complexity index is 534. The quantitative estimate of drug-likeness (QED) is 0.876. The second-order valence-corrected chi connectivity index (χ2v) is 6.40. The van der Waals surface area contributed by atoms with Gasteiger partial charge in [-0.1, -0.05) is 0 Å². The number of rotatable bonds is 3. The maximum Gasteiger partial charge on any atom is 0.126 e. The van der Waals surface area contributed by atoms with Crippen LogP contribution in [0.25, 0.3) is 10.6 Å². The first-order chi connectivity index (χ1) is 8.07. The summed E-state index contributed by atoms with van der Waals surface area (Å²) in [5.74, 6) is 1.51. The van der Waals surface area contributed by atoms with Gasteiger partial charge in [0, 0.05) is 4.88 Å². The zero-order valence-electron chi connectivity index (χ0n) is 10.2. The van der Waals surface area contributed by atoms with E-state index in [-0.39, 0.29) is 5.54 Å². The van der Waals surface area contributed by atoms with E-state index in [0.29, 0.717) is 5.92 Å². The smallest absolute Gasteiger partial charge is 0.126 e. The normalized spacial score (nSPS) is 19.2. The van der Waals surface area contributed by atoms with Crippen LogP contribution in [-0.2, 0) is 5.54 Å². The average molecular weight is 247 g/mol. The minimum atomic E-state index is -0.301. The Kier molecular flexibility index (Phi) is 2.38. The Balaban J connectivity index is 1.92. The number of aromatic amines is 1. The number of H-pyrrole nitrogens is 1. The van der Waals surface area contributed by atoms with E-state index in [9.17, 15) is 0 Å². The molecule has 1 fully saturated rings. The van der Waals surface area contributed by atoms with Crippen molar-refractivity contribution < 1.29 is 0 Å². The fourth-order valence-electron chi connectivity index (χ4n) is 2.18. The molecule has 17 heavy (non-hydrogen) atoms. The summed E-state index contributed by atoms with van der Waals surface area (Å²) in [5, 5.41) is 0. The molecular formula is C13H17N3S. The predicted molar refractivity (Wildman–Crippen MR) is 70.9 cm³/mol. The highest BCUT2D eigenvalue weighted by molar-refractivity contribution is 7.15. The van der Waals surface area contributed by atoms with Crippen molar-refractivity contribution in [2.24, 2.45) is 11.7 Å². The molecule has 3 rings (SSSR count). The molecule has 0 radical (unpaired) electrons. The number of thiophene rings is 1. The van der Waals surface area contributed by atoms with E-state index >= 15 is 0 Å². The van der Waals surface area contributed by atoms with Gasteiger partial charge in [-0.15, -0.1) is 11.3 Å². The first kappa shape index (κ1) is 11.0. The number of aryl methyl sites for hydroxylation is 1. The molecular weight excluding hydrogens is 230 g/mol. The van der Waals surface area contributed by atoms with Crippen molar-refractivity contribution in [1.82, 2.24) is 9.97 Å². The largest absolute Gasteiger partial charge is 0.340 e. The van der Waals surface area contributed by atoms with Gasteiger partial charge in [0.2, 0.25) is 0 Å². The number of hydrogen-bond donors (Lipinski definition) is 2. The van der Waals surface area contributed by atoms with Crippen LogP contribution in [0.5, 0.6) is 0 Å². The zero-order valence-corrected chi connectivity index (χ0v) is 11.0. The summed E-state index contributed by atoms with van der Waals surface area (Å²) in [6.07, 6.45) is 4.34. The molecule has 2 aromatic rings. The molecule has 1 aliphatic carbocycles. The summed E-state index contributed by atoms with van der Waals surface area (Å²) in [6, 6.07) is 4.26. The van der Waals surface area contributed by atoms with E-state index in [0.717, 1.165) is 11.5 Å². The highest BCUT2D eigenvalue weighted by atomic mass is 32.1.